The molecule has 0 radical (unpaired) electrons. The maximum atomic E-state index is 11.6. The summed E-state index contributed by atoms with van der Waals surface area (Å²) >= 11 is 0. The van der Waals surface area contributed by atoms with Crippen LogP contribution in [0.3, 0.4) is 0 Å². The van der Waals surface area contributed by atoms with Gasteiger partial charge in [0, 0.05) is 24.3 Å². The molecule has 6 heteroatoms. The Morgan fingerprint density at radius 1 is 1.30 bits per heavy atom. The third-order valence-corrected chi connectivity index (χ3v) is 3.86. The van der Waals surface area contributed by atoms with Crippen molar-refractivity contribution in [3.63, 3.8) is 0 Å². The Labute approximate surface area is 117 Å². The van der Waals surface area contributed by atoms with Gasteiger partial charge in [-0.3, -0.25) is 4.79 Å². The SMILES string of the molecule is NC(=O)c1cc(N)ccc1N1CCCC2(C1)OCCO2. The molecule has 1 amide bonds. The normalized spacial score (nSPS) is 21.3. The molecule has 0 bridgehead atoms. The summed E-state index contributed by atoms with van der Waals surface area (Å²) in [4.78, 5) is 13.7. The van der Waals surface area contributed by atoms with Crippen molar-refractivity contribution in [1.29, 1.82) is 0 Å². The van der Waals surface area contributed by atoms with Crippen molar-refractivity contribution in [2.45, 2.75) is 18.6 Å². The lowest BCUT2D eigenvalue weighted by atomic mass is 10.0. The number of nitrogens with two attached hydrogens (primary N) is 2. The first kappa shape index (κ1) is 13.2. The molecule has 0 saturated carbocycles. The molecule has 108 valence electrons. The third kappa shape index (κ3) is 2.32. The average molecular weight is 277 g/mol. The number of carbonyl (C=O) groups is 1. The summed E-state index contributed by atoms with van der Waals surface area (Å²) < 4.78 is 11.5. The van der Waals surface area contributed by atoms with Crippen molar-refractivity contribution in [2.24, 2.45) is 5.73 Å². The Bertz CT molecular complexity index is 526. The minimum atomic E-state index is -0.533. The topological polar surface area (TPSA) is 90.8 Å². The number of anilines is 2. The highest BCUT2D eigenvalue weighted by Gasteiger charge is 2.41. The number of primary amides is 1. The van der Waals surface area contributed by atoms with Gasteiger partial charge in [-0.05, 0) is 24.6 Å². The van der Waals surface area contributed by atoms with Gasteiger partial charge in [-0.1, -0.05) is 0 Å². The molecule has 4 N–H and O–H groups in total. The fourth-order valence-corrected chi connectivity index (χ4v) is 2.95. The number of amides is 1. The molecule has 2 heterocycles. The fraction of sp³-hybridized carbons (Fsp3) is 0.500. The molecule has 2 aliphatic rings. The molecule has 6 nitrogen and oxygen atoms in total. The van der Waals surface area contributed by atoms with Gasteiger partial charge in [-0.2, -0.15) is 0 Å². The molecule has 0 unspecified atom stereocenters. The molecule has 2 aliphatic heterocycles. The molecule has 20 heavy (non-hydrogen) atoms. The molecule has 2 fully saturated rings. The van der Waals surface area contributed by atoms with Crippen LogP contribution < -0.4 is 16.4 Å². The number of nitrogen functional groups attached to an aromatic ring is 1. The largest absolute Gasteiger partial charge is 0.399 e. The lowest BCUT2D eigenvalue weighted by Gasteiger charge is -2.40. The van der Waals surface area contributed by atoms with Gasteiger partial charge in [-0.25, -0.2) is 0 Å². The van der Waals surface area contributed by atoms with Crippen LogP contribution >= 0.6 is 0 Å². The second-order valence-corrected chi connectivity index (χ2v) is 5.27. The number of hydrogen-bond donors (Lipinski definition) is 2. The predicted octanol–water partition coefficient (Wildman–Crippen LogP) is 0.711. The van der Waals surface area contributed by atoms with Crippen LogP contribution in [0.15, 0.2) is 18.2 Å². The van der Waals surface area contributed by atoms with Crippen molar-refractivity contribution in [2.75, 3.05) is 36.9 Å². The van der Waals surface area contributed by atoms with E-state index in [1.807, 2.05) is 6.07 Å². The van der Waals surface area contributed by atoms with E-state index in [1.165, 1.54) is 0 Å². The number of nitrogens with zero attached hydrogens (tertiary/aromatic N) is 1. The second kappa shape index (κ2) is 4.96. The van der Waals surface area contributed by atoms with Gasteiger partial charge in [0.05, 0.1) is 25.3 Å². The highest BCUT2D eigenvalue weighted by atomic mass is 16.7. The standard InChI is InChI=1S/C14H19N3O3/c15-10-2-3-12(11(8-10)13(16)18)17-5-1-4-14(9-17)19-6-7-20-14/h2-3,8H,1,4-7,9,15H2,(H2,16,18). The first-order valence-electron chi connectivity index (χ1n) is 6.82. The predicted molar refractivity (Wildman–Crippen MR) is 75.5 cm³/mol. The van der Waals surface area contributed by atoms with Crippen LogP contribution in [0, 0.1) is 0 Å². The lowest BCUT2D eigenvalue weighted by Crippen LogP contribution is -2.49. The summed E-state index contributed by atoms with van der Waals surface area (Å²) in [6.45, 7) is 2.70. The summed E-state index contributed by atoms with van der Waals surface area (Å²) in [6, 6.07) is 5.23. The molecule has 2 saturated heterocycles. The lowest BCUT2D eigenvalue weighted by molar-refractivity contribution is -0.161. The van der Waals surface area contributed by atoms with Crippen molar-refractivity contribution in [1.82, 2.24) is 0 Å². The van der Waals surface area contributed by atoms with Crippen molar-refractivity contribution in [3.8, 4) is 0 Å². The maximum Gasteiger partial charge on any atom is 0.250 e. The van der Waals surface area contributed by atoms with Crippen LogP contribution in [0.4, 0.5) is 11.4 Å². The van der Waals surface area contributed by atoms with E-state index in [9.17, 15) is 4.79 Å². The zero-order valence-electron chi connectivity index (χ0n) is 11.3. The molecule has 0 aromatic heterocycles. The van der Waals surface area contributed by atoms with Gasteiger partial charge in [0.25, 0.3) is 5.91 Å². The summed E-state index contributed by atoms with van der Waals surface area (Å²) in [5.74, 6) is -1.01. The number of piperidine rings is 1. The van der Waals surface area contributed by atoms with Crippen molar-refractivity contribution >= 4 is 17.3 Å². The van der Waals surface area contributed by atoms with E-state index in [2.05, 4.69) is 4.90 Å². The highest BCUT2D eigenvalue weighted by molar-refractivity contribution is 5.99. The minimum absolute atomic E-state index is 0.444. The van der Waals surface area contributed by atoms with Gasteiger partial charge < -0.3 is 25.8 Å². The van der Waals surface area contributed by atoms with Gasteiger partial charge in [0.2, 0.25) is 0 Å². The molecule has 1 aromatic carbocycles. The molecular weight excluding hydrogens is 258 g/mol. The molecular formula is C14H19N3O3. The maximum absolute atomic E-state index is 11.6. The van der Waals surface area contributed by atoms with Crippen LogP contribution in [0.1, 0.15) is 23.2 Å². The van der Waals surface area contributed by atoms with Gasteiger partial charge in [0.1, 0.15) is 0 Å². The van der Waals surface area contributed by atoms with E-state index >= 15 is 0 Å². The Hall–Kier alpha value is -1.79. The van der Waals surface area contributed by atoms with E-state index in [-0.39, 0.29) is 0 Å². The quantitative estimate of drug-likeness (QED) is 0.777. The highest BCUT2D eigenvalue weighted by Crippen LogP contribution is 2.34. The molecule has 0 atom stereocenters. The molecule has 3 rings (SSSR count). The van der Waals surface area contributed by atoms with Crippen LogP contribution in [-0.2, 0) is 9.47 Å². The third-order valence-electron chi connectivity index (χ3n) is 3.86. The Kier molecular flexibility index (Phi) is 3.27. The van der Waals surface area contributed by atoms with Crippen molar-refractivity contribution in [3.05, 3.63) is 23.8 Å². The van der Waals surface area contributed by atoms with E-state index in [1.54, 1.807) is 12.1 Å². The Morgan fingerprint density at radius 2 is 2.05 bits per heavy atom. The number of ether oxygens (including phenoxy) is 2. The number of benzene rings is 1. The monoisotopic (exact) mass is 277 g/mol. The van der Waals surface area contributed by atoms with E-state index < -0.39 is 11.7 Å². The van der Waals surface area contributed by atoms with Crippen LogP contribution in [0.5, 0.6) is 0 Å². The molecule has 1 aromatic rings. The van der Waals surface area contributed by atoms with Gasteiger partial charge >= 0.3 is 0 Å². The zero-order chi connectivity index (χ0) is 14.2. The Morgan fingerprint density at radius 3 is 2.75 bits per heavy atom. The number of hydrogen-bond acceptors (Lipinski definition) is 5. The van der Waals surface area contributed by atoms with Crippen LogP contribution in [-0.4, -0.2) is 38.0 Å². The van der Waals surface area contributed by atoms with Crippen molar-refractivity contribution < 1.29 is 14.3 Å². The minimum Gasteiger partial charge on any atom is -0.399 e. The fourth-order valence-electron chi connectivity index (χ4n) is 2.95. The van der Waals surface area contributed by atoms with Crippen LogP contribution in [0.25, 0.3) is 0 Å². The van der Waals surface area contributed by atoms with Gasteiger partial charge in [0.15, 0.2) is 5.79 Å². The zero-order valence-corrected chi connectivity index (χ0v) is 11.3. The molecule has 1 spiro atoms. The first-order chi connectivity index (χ1) is 9.60. The second-order valence-electron chi connectivity index (χ2n) is 5.27. The van der Waals surface area contributed by atoms with Gasteiger partial charge in [-0.15, -0.1) is 0 Å². The summed E-state index contributed by atoms with van der Waals surface area (Å²) in [5, 5.41) is 0. The molecule has 0 aliphatic carbocycles. The van der Waals surface area contributed by atoms with E-state index in [4.69, 9.17) is 20.9 Å². The van der Waals surface area contributed by atoms with Crippen LogP contribution in [0.2, 0.25) is 0 Å². The first-order valence-corrected chi connectivity index (χ1v) is 6.82. The Balaban J connectivity index is 1.90. The summed E-state index contributed by atoms with van der Waals surface area (Å²) in [6.07, 6.45) is 1.83. The average Bonchev–Trinajstić information content (AvgIpc) is 2.86. The van der Waals surface area contributed by atoms with E-state index in [0.29, 0.717) is 31.0 Å². The number of rotatable bonds is 2. The summed E-state index contributed by atoms with van der Waals surface area (Å²) in [7, 11) is 0. The summed E-state index contributed by atoms with van der Waals surface area (Å²) in [5.41, 5.74) is 13.0. The number of carbonyl (C=O) groups excluding carboxylic acids is 1. The van der Waals surface area contributed by atoms with E-state index in [0.717, 1.165) is 25.1 Å². The smallest absolute Gasteiger partial charge is 0.250 e.